The Morgan fingerprint density at radius 3 is 1.33 bits per heavy atom. The van der Waals surface area contributed by atoms with Gasteiger partial charge in [-0.1, -0.05) is 20.8 Å². The molecular weight excluding hydrogens is 146 g/mol. The molecule has 74 valence electrons. The van der Waals surface area contributed by atoms with E-state index in [1.54, 1.807) is 0 Å². The smallest absolute Gasteiger partial charge is 0.0201 e. The SMILES string of the molecule is CC(C)N(C)C(C)(C)C(C)(C)C. The van der Waals surface area contributed by atoms with Crippen LogP contribution < -0.4 is 0 Å². The monoisotopic (exact) mass is 171 g/mol. The third-order valence-corrected chi connectivity index (χ3v) is 3.49. The second kappa shape index (κ2) is 3.37. The summed E-state index contributed by atoms with van der Waals surface area (Å²) in [5.74, 6) is 0. The van der Waals surface area contributed by atoms with Gasteiger partial charge in [0.25, 0.3) is 0 Å². The minimum absolute atomic E-state index is 0.251. The summed E-state index contributed by atoms with van der Waals surface area (Å²) >= 11 is 0. The van der Waals surface area contributed by atoms with Gasteiger partial charge in [-0.15, -0.1) is 0 Å². The molecule has 12 heavy (non-hydrogen) atoms. The molecule has 0 aromatic heterocycles. The Balaban J connectivity index is 4.61. The van der Waals surface area contributed by atoms with E-state index >= 15 is 0 Å². The first-order chi connectivity index (χ1) is 5.10. The molecule has 0 aromatic carbocycles. The van der Waals surface area contributed by atoms with E-state index in [1.807, 2.05) is 0 Å². The average molecular weight is 171 g/mol. The van der Waals surface area contributed by atoms with Gasteiger partial charge in [0, 0.05) is 11.6 Å². The molecule has 0 fully saturated rings. The van der Waals surface area contributed by atoms with Crippen LogP contribution in [0.15, 0.2) is 0 Å². The number of hydrogen-bond acceptors (Lipinski definition) is 1. The van der Waals surface area contributed by atoms with Crippen molar-refractivity contribution in [3.05, 3.63) is 0 Å². The van der Waals surface area contributed by atoms with Crippen molar-refractivity contribution in [3.63, 3.8) is 0 Å². The highest BCUT2D eigenvalue weighted by Gasteiger charge is 2.37. The van der Waals surface area contributed by atoms with Crippen molar-refractivity contribution < 1.29 is 0 Å². The number of hydrogen-bond donors (Lipinski definition) is 0. The molecular formula is C11H25N. The summed E-state index contributed by atoms with van der Waals surface area (Å²) in [5.41, 5.74) is 0.577. The Morgan fingerprint density at radius 2 is 1.25 bits per heavy atom. The van der Waals surface area contributed by atoms with Gasteiger partial charge in [0.2, 0.25) is 0 Å². The molecule has 0 atom stereocenters. The van der Waals surface area contributed by atoms with E-state index in [0.717, 1.165) is 0 Å². The van der Waals surface area contributed by atoms with Gasteiger partial charge in [0.1, 0.15) is 0 Å². The molecule has 1 nitrogen and oxygen atoms in total. The van der Waals surface area contributed by atoms with Crippen molar-refractivity contribution in [2.75, 3.05) is 7.05 Å². The Labute approximate surface area is 78.1 Å². The summed E-state index contributed by atoms with van der Waals surface area (Å²) in [5, 5.41) is 0. The van der Waals surface area contributed by atoms with E-state index in [-0.39, 0.29) is 5.54 Å². The van der Waals surface area contributed by atoms with Crippen LogP contribution in [0.4, 0.5) is 0 Å². The highest BCUT2D eigenvalue weighted by molar-refractivity contribution is 4.92. The minimum atomic E-state index is 0.251. The van der Waals surface area contributed by atoms with E-state index in [2.05, 4.69) is 60.4 Å². The van der Waals surface area contributed by atoms with Crippen LogP contribution in [0.25, 0.3) is 0 Å². The van der Waals surface area contributed by atoms with Crippen molar-refractivity contribution in [2.45, 2.75) is 60.0 Å². The van der Waals surface area contributed by atoms with Crippen LogP contribution in [-0.2, 0) is 0 Å². The Bertz CT molecular complexity index is 140. The van der Waals surface area contributed by atoms with E-state index < -0.39 is 0 Å². The fourth-order valence-electron chi connectivity index (χ4n) is 1.17. The largest absolute Gasteiger partial charge is 0.298 e. The van der Waals surface area contributed by atoms with Gasteiger partial charge in [0.05, 0.1) is 0 Å². The zero-order valence-electron chi connectivity index (χ0n) is 10.0. The molecule has 0 bridgehead atoms. The Kier molecular flexibility index (Phi) is 3.36. The van der Waals surface area contributed by atoms with Crippen molar-refractivity contribution in [1.29, 1.82) is 0 Å². The average Bonchev–Trinajstić information content (AvgIpc) is 1.83. The summed E-state index contributed by atoms with van der Waals surface area (Å²) in [6.07, 6.45) is 0. The Morgan fingerprint density at radius 1 is 0.917 bits per heavy atom. The third kappa shape index (κ3) is 2.22. The molecule has 0 saturated carbocycles. The zero-order valence-corrected chi connectivity index (χ0v) is 10.0. The lowest BCUT2D eigenvalue weighted by atomic mass is 9.75. The van der Waals surface area contributed by atoms with E-state index in [9.17, 15) is 0 Å². The molecule has 0 unspecified atom stereocenters. The molecule has 0 aromatic rings. The predicted molar refractivity (Wildman–Crippen MR) is 56.4 cm³/mol. The van der Waals surface area contributed by atoms with Crippen LogP contribution in [0.1, 0.15) is 48.5 Å². The molecule has 0 spiro atoms. The molecule has 1 heteroatoms. The predicted octanol–water partition coefficient (Wildman–Crippen LogP) is 3.15. The van der Waals surface area contributed by atoms with Crippen molar-refractivity contribution >= 4 is 0 Å². The lowest BCUT2D eigenvalue weighted by Gasteiger charge is -2.48. The molecule has 0 radical (unpaired) electrons. The topological polar surface area (TPSA) is 3.24 Å². The standard InChI is InChI=1S/C11H25N/c1-9(2)12(8)11(6,7)10(3,4)5/h9H,1-8H3. The van der Waals surface area contributed by atoms with Gasteiger partial charge in [0.15, 0.2) is 0 Å². The van der Waals surface area contributed by atoms with Crippen molar-refractivity contribution in [3.8, 4) is 0 Å². The van der Waals surface area contributed by atoms with Crippen molar-refractivity contribution in [1.82, 2.24) is 4.90 Å². The molecule has 0 aliphatic rings. The van der Waals surface area contributed by atoms with Crippen LogP contribution in [0.3, 0.4) is 0 Å². The maximum atomic E-state index is 2.44. The van der Waals surface area contributed by atoms with Gasteiger partial charge >= 0.3 is 0 Å². The maximum Gasteiger partial charge on any atom is 0.0201 e. The summed E-state index contributed by atoms with van der Waals surface area (Å²) < 4.78 is 0. The van der Waals surface area contributed by atoms with Gasteiger partial charge in [-0.25, -0.2) is 0 Å². The van der Waals surface area contributed by atoms with E-state index in [0.29, 0.717) is 11.5 Å². The lowest BCUT2D eigenvalue weighted by Crippen LogP contribution is -2.53. The lowest BCUT2D eigenvalue weighted by molar-refractivity contribution is 0.0210. The number of nitrogens with zero attached hydrogens (tertiary/aromatic N) is 1. The fraction of sp³-hybridized carbons (Fsp3) is 1.00. The summed E-state index contributed by atoms with van der Waals surface area (Å²) in [4.78, 5) is 2.44. The minimum Gasteiger partial charge on any atom is -0.298 e. The first-order valence-electron chi connectivity index (χ1n) is 4.83. The van der Waals surface area contributed by atoms with Crippen LogP contribution in [-0.4, -0.2) is 23.5 Å². The quantitative estimate of drug-likeness (QED) is 0.617. The second-order valence-electron chi connectivity index (χ2n) is 5.51. The van der Waals surface area contributed by atoms with Gasteiger partial charge in [-0.05, 0) is 40.2 Å². The normalized spacial score (nSPS) is 14.5. The highest BCUT2D eigenvalue weighted by atomic mass is 15.2. The molecule has 0 aliphatic carbocycles. The van der Waals surface area contributed by atoms with Gasteiger partial charge in [-0.3, -0.25) is 4.90 Å². The van der Waals surface area contributed by atoms with Gasteiger partial charge in [-0.2, -0.15) is 0 Å². The summed E-state index contributed by atoms with van der Waals surface area (Å²) in [7, 11) is 2.20. The highest BCUT2D eigenvalue weighted by Crippen LogP contribution is 2.35. The summed E-state index contributed by atoms with van der Waals surface area (Å²) in [6, 6.07) is 0.610. The fourth-order valence-corrected chi connectivity index (χ4v) is 1.17. The van der Waals surface area contributed by atoms with Crippen LogP contribution in [0.2, 0.25) is 0 Å². The molecule has 0 N–H and O–H groups in total. The van der Waals surface area contributed by atoms with Crippen LogP contribution in [0.5, 0.6) is 0 Å². The van der Waals surface area contributed by atoms with Crippen LogP contribution >= 0.6 is 0 Å². The summed E-state index contributed by atoms with van der Waals surface area (Å²) in [6.45, 7) is 16.0. The third-order valence-electron chi connectivity index (χ3n) is 3.49. The van der Waals surface area contributed by atoms with Gasteiger partial charge < -0.3 is 0 Å². The molecule has 0 heterocycles. The van der Waals surface area contributed by atoms with E-state index in [1.165, 1.54) is 0 Å². The first kappa shape index (κ1) is 12.0. The second-order valence-corrected chi connectivity index (χ2v) is 5.51. The van der Waals surface area contributed by atoms with Crippen molar-refractivity contribution in [2.24, 2.45) is 5.41 Å². The first-order valence-corrected chi connectivity index (χ1v) is 4.83. The number of rotatable bonds is 2. The molecule has 0 saturated heterocycles. The molecule has 0 amide bonds. The molecule has 0 rings (SSSR count). The molecule has 0 aliphatic heterocycles. The maximum absolute atomic E-state index is 2.44. The van der Waals surface area contributed by atoms with E-state index in [4.69, 9.17) is 0 Å². The Hall–Kier alpha value is -0.0400. The van der Waals surface area contributed by atoms with Crippen LogP contribution in [0, 0.1) is 5.41 Å². The zero-order chi connectivity index (χ0) is 10.2.